The molecule has 0 amide bonds. The molecule has 1 aromatic rings. The van der Waals surface area contributed by atoms with E-state index in [4.69, 9.17) is 5.26 Å². The van der Waals surface area contributed by atoms with Gasteiger partial charge < -0.3 is 0 Å². The summed E-state index contributed by atoms with van der Waals surface area (Å²) in [6.45, 7) is 10.6. The summed E-state index contributed by atoms with van der Waals surface area (Å²) in [4.78, 5) is 4.37. The lowest BCUT2D eigenvalue weighted by Gasteiger charge is -2.16. The molecule has 0 saturated heterocycles. The molecule has 0 aliphatic rings. The lowest BCUT2D eigenvalue weighted by atomic mass is 9.93. The van der Waals surface area contributed by atoms with Crippen molar-refractivity contribution in [2.45, 2.75) is 46.5 Å². The van der Waals surface area contributed by atoms with E-state index in [1.54, 1.807) is 0 Å². The summed E-state index contributed by atoms with van der Waals surface area (Å²) in [6, 6.07) is 4.04. The van der Waals surface area contributed by atoms with Gasteiger partial charge in [-0.05, 0) is 36.0 Å². The first-order valence-electron chi connectivity index (χ1n) is 5.38. The molecule has 0 aliphatic carbocycles. The van der Waals surface area contributed by atoms with E-state index in [0.717, 1.165) is 5.69 Å². The van der Waals surface area contributed by atoms with E-state index >= 15 is 0 Å². The molecule has 0 radical (unpaired) electrons. The molecule has 15 heavy (non-hydrogen) atoms. The quantitative estimate of drug-likeness (QED) is 0.735. The van der Waals surface area contributed by atoms with E-state index in [9.17, 15) is 0 Å². The van der Waals surface area contributed by atoms with Gasteiger partial charge in [-0.1, -0.05) is 27.7 Å². The van der Waals surface area contributed by atoms with Crippen LogP contribution in [0.15, 0.2) is 6.07 Å². The zero-order valence-electron chi connectivity index (χ0n) is 10.1. The molecule has 0 atom stereocenters. The average Bonchev–Trinajstić information content (AvgIpc) is 2.17. The van der Waals surface area contributed by atoms with Crippen molar-refractivity contribution in [3.05, 3.63) is 28.6 Å². The van der Waals surface area contributed by atoms with E-state index in [1.165, 1.54) is 11.1 Å². The molecule has 0 saturated carbocycles. The van der Waals surface area contributed by atoms with Gasteiger partial charge in [0.25, 0.3) is 0 Å². The number of rotatable bonds is 2. The van der Waals surface area contributed by atoms with Crippen LogP contribution in [0.25, 0.3) is 0 Å². The Labute approximate surface area is 92.0 Å². The Morgan fingerprint density at radius 2 is 1.80 bits per heavy atom. The minimum Gasteiger partial charge on any atom is -0.242 e. The summed E-state index contributed by atoms with van der Waals surface area (Å²) in [5.74, 6) is 0.813. The van der Waals surface area contributed by atoms with Gasteiger partial charge in [-0.15, -0.1) is 0 Å². The molecule has 2 heteroatoms. The lowest BCUT2D eigenvalue weighted by molar-refractivity contribution is 0.780. The summed E-state index contributed by atoms with van der Waals surface area (Å²) in [6.07, 6.45) is 0. The van der Waals surface area contributed by atoms with Crippen LogP contribution in [0.4, 0.5) is 0 Å². The third kappa shape index (κ3) is 2.36. The predicted molar refractivity (Wildman–Crippen MR) is 61.9 cm³/mol. The van der Waals surface area contributed by atoms with Gasteiger partial charge in [0.15, 0.2) is 0 Å². The molecule has 0 bridgehead atoms. The highest BCUT2D eigenvalue weighted by Gasteiger charge is 2.13. The van der Waals surface area contributed by atoms with Crippen LogP contribution in [0.5, 0.6) is 0 Å². The monoisotopic (exact) mass is 202 g/mol. The second-order valence-electron chi connectivity index (χ2n) is 4.53. The van der Waals surface area contributed by atoms with Gasteiger partial charge in [0.1, 0.15) is 11.8 Å². The van der Waals surface area contributed by atoms with Gasteiger partial charge in [0.2, 0.25) is 0 Å². The van der Waals surface area contributed by atoms with E-state index < -0.39 is 0 Å². The van der Waals surface area contributed by atoms with E-state index in [0.29, 0.717) is 17.5 Å². The first kappa shape index (κ1) is 11.7. The number of nitrogens with zero attached hydrogens (tertiary/aromatic N) is 2. The summed E-state index contributed by atoms with van der Waals surface area (Å²) in [7, 11) is 0. The average molecular weight is 202 g/mol. The van der Waals surface area contributed by atoms with E-state index in [1.807, 2.05) is 6.07 Å². The number of hydrogen-bond acceptors (Lipinski definition) is 2. The third-order valence-corrected chi connectivity index (χ3v) is 2.63. The van der Waals surface area contributed by atoms with Gasteiger partial charge in [0, 0.05) is 5.69 Å². The van der Waals surface area contributed by atoms with Crippen molar-refractivity contribution in [3.8, 4) is 6.07 Å². The summed E-state index contributed by atoms with van der Waals surface area (Å²) >= 11 is 0. The predicted octanol–water partition coefficient (Wildman–Crippen LogP) is 3.51. The van der Waals surface area contributed by atoms with Crippen LogP contribution in [0.2, 0.25) is 0 Å². The second-order valence-corrected chi connectivity index (χ2v) is 4.53. The molecule has 1 aromatic heterocycles. The summed E-state index contributed by atoms with van der Waals surface area (Å²) in [5, 5.41) is 8.93. The largest absolute Gasteiger partial charge is 0.242 e. The van der Waals surface area contributed by atoms with Crippen LogP contribution in [-0.2, 0) is 0 Å². The zero-order valence-corrected chi connectivity index (χ0v) is 10.1. The molecule has 2 nitrogen and oxygen atoms in total. The molecule has 0 aliphatic heterocycles. The van der Waals surface area contributed by atoms with Crippen molar-refractivity contribution in [1.29, 1.82) is 5.26 Å². The fourth-order valence-corrected chi connectivity index (χ4v) is 1.87. The highest BCUT2D eigenvalue weighted by atomic mass is 14.7. The Bertz CT molecular complexity index is 368. The van der Waals surface area contributed by atoms with Crippen LogP contribution in [-0.4, -0.2) is 4.98 Å². The van der Waals surface area contributed by atoms with Crippen molar-refractivity contribution in [2.75, 3.05) is 0 Å². The highest BCUT2D eigenvalue weighted by molar-refractivity contribution is 5.38. The van der Waals surface area contributed by atoms with Gasteiger partial charge in [-0.25, -0.2) is 4.98 Å². The Kier molecular flexibility index (Phi) is 3.47. The maximum Gasteiger partial charge on any atom is 0.141 e. The molecule has 80 valence electrons. The van der Waals surface area contributed by atoms with Gasteiger partial charge >= 0.3 is 0 Å². The summed E-state index contributed by atoms with van der Waals surface area (Å²) in [5.41, 5.74) is 4.06. The molecule has 0 fully saturated rings. The number of nitriles is 1. The maximum absolute atomic E-state index is 8.93. The molecule has 0 spiro atoms. The van der Waals surface area contributed by atoms with Crippen LogP contribution in [0.3, 0.4) is 0 Å². The number of aromatic nitrogens is 1. The minimum absolute atomic E-state index is 0.371. The topological polar surface area (TPSA) is 36.7 Å². The third-order valence-electron chi connectivity index (χ3n) is 2.63. The van der Waals surface area contributed by atoms with Crippen molar-refractivity contribution < 1.29 is 0 Å². The first-order chi connectivity index (χ1) is 6.97. The van der Waals surface area contributed by atoms with Gasteiger partial charge in [-0.3, -0.25) is 0 Å². The van der Waals surface area contributed by atoms with E-state index in [-0.39, 0.29) is 0 Å². The fourth-order valence-electron chi connectivity index (χ4n) is 1.87. The van der Waals surface area contributed by atoms with Crippen LogP contribution >= 0.6 is 0 Å². The smallest absolute Gasteiger partial charge is 0.141 e. The van der Waals surface area contributed by atoms with E-state index in [2.05, 4.69) is 45.7 Å². The fraction of sp³-hybridized carbons (Fsp3) is 0.538. The second kappa shape index (κ2) is 4.44. The maximum atomic E-state index is 8.93. The zero-order chi connectivity index (χ0) is 11.6. The van der Waals surface area contributed by atoms with Gasteiger partial charge in [-0.2, -0.15) is 5.26 Å². The molecule has 0 N–H and O–H groups in total. The number of pyridine rings is 1. The SMILES string of the molecule is Cc1c(C(C)C)cc(C#N)nc1C(C)C. The normalized spacial score (nSPS) is 10.8. The lowest BCUT2D eigenvalue weighted by Crippen LogP contribution is -2.04. The highest BCUT2D eigenvalue weighted by Crippen LogP contribution is 2.26. The summed E-state index contributed by atoms with van der Waals surface area (Å²) < 4.78 is 0. The van der Waals surface area contributed by atoms with Crippen LogP contribution in [0, 0.1) is 18.3 Å². The van der Waals surface area contributed by atoms with Crippen molar-refractivity contribution in [3.63, 3.8) is 0 Å². The standard InChI is InChI=1S/C13H18N2/c1-8(2)12-6-11(7-14)15-13(9(3)4)10(12)5/h6,8-9H,1-5H3. The Balaban J connectivity index is 3.42. The molecular weight excluding hydrogens is 184 g/mol. The van der Waals surface area contributed by atoms with Crippen molar-refractivity contribution in [2.24, 2.45) is 0 Å². The van der Waals surface area contributed by atoms with Crippen molar-refractivity contribution >= 4 is 0 Å². The Morgan fingerprint density at radius 3 is 2.20 bits per heavy atom. The van der Waals surface area contributed by atoms with Gasteiger partial charge in [0.05, 0.1) is 0 Å². The Morgan fingerprint density at radius 1 is 1.20 bits per heavy atom. The molecule has 0 aromatic carbocycles. The van der Waals surface area contributed by atoms with Crippen molar-refractivity contribution in [1.82, 2.24) is 4.98 Å². The Hall–Kier alpha value is -1.36. The minimum atomic E-state index is 0.371. The molecule has 1 heterocycles. The molecule has 1 rings (SSSR count). The molecule has 0 unspecified atom stereocenters. The van der Waals surface area contributed by atoms with Crippen LogP contribution in [0.1, 0.15) is 62.0 Å². The van der Waals surface area contributed by atoms with Crippen LogP contribution < -0.4 is 0 Å². The number of hydrogen-bond donors (Lipinski definition) is 0. The first-order valence-corrected chi connectivity index (χ1v) is 5.38. The molecular formula is C13H18N2.